The largest absolute Gasteiger partial charge is 0.332 e. The van der Waals surface area contributed by atoms with E-state index in [1.165, 1.54) is 44.1 Å². The first-order valence-corrected chi connectivity index (χ1v) is 15.3. The van der Waals surface area contributed by atoms with Crippen LogP contribution in [0, 0.1) is 5.92 Å². The van der Waals surface area contributed by atoms with Crippen LogP contribution in [0.3, 0.4) is 0 Å². The van der Waals surface area contributed by atoms with Crippen molar-refractivity contribution in [2.24, 2.45) is 10.9 Å². The van der Waals surface area contributed by atoms with Crippen molar-refractivity contribution in [3.05, 3.63) is 65.2 Å². The lowest BCUT2D eigenvalue weighted by molar-refractivity contribution is 0.168. The van der Waals surface area contributed by atoms with Crippen molar-refractivity contribution in [2.75, 3.05) is 31.5 Å². The van der Waals surface area contributed by atoms with Crippen molar-refractivity contribution in [3.8, 4) is 0 Å². The lowest BCUT2D eigenvalue weighted by atomic mass is 9.93. The first-order valence-electron chi connectivity index (χ1n) is 14.5. The van der Waals surface area contributed by atoms with Gasteiger partial charge < -0.3 is 5.32 Å². The second-order valence-electron chi connectivity index (χ2n) is 10.3. The number of benzene rings is 2. The van der Waals surface area contributed by atoms with Crippen LogP contribution >= 0.6 is 23.8 Å². The molecule has 0 aromatic heterocycles. The molecule has 0 aliphatic carbocycles. The summed E-state index contributed by atoms with van der Waals surface area (Å²) < 4.78 is 0. The molecule has 2 N–H and O–H groups in total. The Morgan fingerprint density at radius 3 is 2.53 bits per heavy atom. The lowest BCUT2D eigenvalue weighted by Crippen LogP contribution is -2.53. The smallest absolute Gasteiger partial charge is 0.215 e. The number of rotatable bonds is 15. The summed E-state index contributed by atoms with van der Waals surface area (Å²) in [6.45, 7) is 10.3. The van der Waals surface area contributed by atoms with E-state index in [9.17, 15) is 0 Å². The average molecular weight is 556 g/mol. The minimum atomic E-state index is 0.457. The maximum absolute atomic E-state index is 6.19. The zero-order valence-corrected chi connectivity index (χ0v) is 25.0. The summed E-state index contributed by atoms with van der Waals surface area (Å²) in [7, 11) is 0. The van der Waals surface area contributed by atoms with Gasteiger partial charge >= 0.3 is 0 Å². The number of guanidine groups is 1. The van der Waals surface area contributed by atoms with Gasteiger partial charge in [-0.1, -0.05) is 107 Å². The summed E-state index contributed by atoms with van der Waals surface area (Å²) in [5.74, 6) is 1.93. The topological polar surface area (TPSA) is 42.9 Å². The van der Waals surface area contributed by atoms with Crippen LogP contribution in [0.5, 0.6) is 0 Å². The first kappa shape index (κ1) is 30.4. The Kier molecular flexibility index (Phi) is 13.4. The Labute approximate surface area is 241 Å². The molecule has 7 heteroatoms. The number of anilines is 1. The zero-order valence-electron chi connectivity index (χ0n) is 23.5. The number of unbranched alkanes of at least 4 members (excludes halogenated alkanes) is 3. The predicted molar refractivity (Wildman–Crippen MR) is 168 cm³/mol. The van der Waals surface area contributed by atoms with Gasteiger partial charge in [-0.2, -0.15) is 0 Å². The van der Waals surface area contributed by atoms with Gasteiger partial charge in [-0.05, 0) is 60.7 Å². The molecule has 0 radical (unpaired) electrons. The number of nitrogens with one attached hydrogen (secondary N) is 2. The standard InChI is InChI=1S/C31H46ClN5S/c1-4-7-8-10-15-25(6-3)23-36(24-27(14-5-2)26-16-11-9-12-17-26)35-30-33-20-21-37(30)31(38)34-29-19-13-18-28(32)22-29/h9,11-13,16-19,22,25,27H,4-8,10,14-15,20-21,23-24H2,1-3H3,(H,33,35)(H,34,38). The number of hydrogen-bond acceptors (Lipinski definition) is 4. The van der Waals surface area contributed by atoms with Crippen LogP contribution in [0.15, 0.2) is 59.6 Å². The van der Waals surface area contributed by atoms with E-state index in [4.69, 9.17) is 28.8 Å². The summed E-state index contributed by atoms with van der Waals surface area (Å²) >= 11 is 12.0. The predicted octanol–water partition coefficient (Wildman–Crippen LogP) is 8.10. The van der Waals surface area contributed by atoms with Gasteiger partial charge in [0.2, 0.25) is 5.96 Å². The SMILES string of the molecule is CCCCCCC(CC)CN(CC(CCC)c1ccccc1)NC1=NCCN1C(=S)Nc1cccc(Cl)c1. The molecule has 0 saturated carbocycles. The zero-order chi connectivity index (χ0) is 27.2. The fourth-order valence-corrected chi connectivity index (χ4v) is 5.59. The summed E-state index contributed by atoms with van der Waals surface area (Å²) in [5.41, 5.74) is 6.01. The minimum absolute atomic E-state index is 0.457. The molecule has 0 spiro atoms. The fraction of sp³-hybridized carbons (Fsp3) is 0.548. The highest BCUT2D eigenvalue weighted by atomic mass is 35.5. The molecule has 1 aliphatic rings. The molecule has 2 aromatic rings. The molecule has 2 atom stereocenters. The first-order chi connectivity index (χ1) is 18.5. The molecule has 0 bridgehead atoms. The Morgan fingerprint density at radius 2 is 1.82 bits per heavy atom. The second-order valence-corrected chi connectivity index (χ2v) is 11.2. The highest BCUT2D eigenvalue weighted by molar-refractivity contribution is 7.80. The van der Waals surface area contributed by atoms with Gasteiger partial charge in [0, 0.05) is 30.3 Å². The number of nitrogens with zero attached hydrogens (tertiary/aromatic N) is 3. The van der Waals surface area contributed by atoms with Crippen molar-refractivity contribution < 1.29 is 0 Å². The van der Waals surface area contributed by atoms with E-state index in [1.54, 1.807) is 0 Å². The van der Waals surface area contributed by atoms with Crippen LogP contribution in [0.1, 0.15) is 83.6 Å². The van der Waals surface area contributed by atoms with Crippen molar-refractivity contribution in [2.45, 2.75) is 78.1 Å². The Morgan fingerprint density at radius 1 is 1.00 bits per heavy atom. The van der Waals surface area contributed by atoms with Gasteiger partial charge in [-0.15, -0.1) is 0 Å². The molecule has 2 unspecified atom stereocenters. The van der Waals surface area contributed by atoms with Crippen LogP contribution in [-0.4, -0.2) is 47.2 Å². The van der Waals surface area contributed by atoms with E-state index >= 15 is 0 Å². The van der Waals surface area contributed by atoms with Gasteiger partial charge in [-0.25, -0.2) is 10.0 Å². The molecule has 38 heavy (non-hydrogen) atoms. The highest BCUT2D eigenvalue weighted by Crippen LogP contribution is 2.24. The number of halogens is 1. The minimum Gasteiger partial charge on any atom is -0.332 e. The van der Waals surface area contributed by atoms with E-state index in [0.717, 1.165) is 50.7 Å². The second kappa shape index (κ2) is 16.7. The Balaban J connectivity index is 1.74. The van der Waals surface area contributed by atoms with Crippen molar-refractivity contribution >= 4 is 40.6 Å². The summed E-state index contributed by atoms with van der Waals surface area (Å²) in [6, 6.07) is 18.6. The molecule has 0 fully saturated rings. The summed E-state index contributed by atoms with van der Waals surface area (Å²) in [5, 5.41) is 7.08. The summed E-state index contributed by atoms with van der Waals surface area (Å²) in [4.78, 5) is 6.89. The molecule has 1 heterocycles. The van der Waals surface area contributed by atoms with Crippen LogP contribution in [0.4, 0.5) is 5.69 Å². The Bertz CT molecular complexity index is 999. The molecule has 2 aromatic carbocycles. The van der Waals surface area contributed by atoms with Crippen LogP contribution in [0.2, 0.25) is 5.02 Å². The van der Waals surface area contributed by atoms with Crippen molar-refractivity contribution in [1.82, 2.24) is 15.3 Å². The van der Waals surface area contributed by atoms with E-state index < -0.39 is 0 Å². The number of hydrazine groups is 1. The molecule has 0 amide bonds. The third kappa shape index (κ3) is 9.87. The van der Waals surface area contributed by atoms with Crippen LogP contribution < -0.4 is 10.7 Å². The molecule has 208 valence electrons. The van der Waals surface area contributed by atoms with Gasteiger partial charge in [0.25, 0.3) is 0 Å². The Hall–Kier alpha value is -2.15. The van der Waals surface area contributed by atoms with E-state index in [1.807, 2.05) is 24.3 Å². The normalized spacial score (nSPS) is 14.9. The highest BCUT2D eigenvalue weighted by Gasteiger charge is 2.26. The number of aliphatic imine (C=N–C) groups is 1. The van der Waals surface area contributed by atoms with Gasteiger partial charge in [0.15, 0.2) is 5.11 Å². The molecule has 5 nitrogen and oxygen atoms in total. The third-order valence-corrected chi connectivity index (χ3v) is 7.85. The van der Waals surface area contributed by atoms with E-state index in [0.29, 0.717) is 22.0 Å². The van der Waals surface area contributed by atoms with Gasteiger partial charge in [-0.3, -0.25) is 10.3 Å². The van der Waals surface area contributed by atoms with Crippen molar-refractivity contribution in [1.29, 1.82) is 0 Å². The quantitative estimate of drug-likeness (QED) is 0.132. The van der Waals surface area contributed by atoms with Crippen LogP contribution in [-0.2, 0) is 0 Å². The molecular weight excluding hydrogens is 510 g/mol. The van der Waals surface area contributed by atoms with E-state index in [-0.39, 0.29) is 0 Å². The molecule has 1 aliphatic heterocycles. The average Bonchev–Trinajstić information content (AvgIpc) is 3.39. The fourth-order valence-electron chi connectivity index (χ4n) is 5.10. The number of hydrogen-bond donors (Lipinski definition) is 2. The van der Waals surface area contributed by atoms with Gasteiger partial charge in [0.05, 0.1) is 6.54 Å². The van der Waals surface area contributed by atoms with Gasteiger partial charge in [0.1, 0.15) is 0 Å². The maximum atomic E-state index is 6.19. The van der Waals surface area contributed by atoms with E-state index in [2.05, 4.69) is 71.8 Å². The molecular formula is C31H46ClN5S. The van der Waals surface area contributed by atoms with Crippen LogP contribution in [0.25, 0.3) is 0 Å². The third-order valence-electron chi connectivity index (χ3n) is 7.29. The monoisotopic (exact) mass is 555 g/mol. The molecule has 0 saturated heterocycles. The molecule has 3 rings (SSSR count). The maximum Gasteiger partial charge on any atom is 0.215 e. The number of thiocarbonyl (C=S) groups is 1. The lowest BCUT2D eigenvalue weighted by Gasteiger charge is -2.34. The van der Waals surface area contributed by atoms with Crippen molar-refractivity contribution in [3.63, 3.8) is 0 Å². The summed E-state index contributed by atoms with van der Waals surface area (Å²) in [6.07, 6.45) is 9.99.